The molecule has 1 aromatic rings. The molecule has 0 spiro atoms. The van der Waals surface area contributed by atoms with Crippen LogP contribution in [0.25, 0.3) is 0 Å². The van der Waals surface area contributed by atoms with Gasteiger partial charge < -0.3 is 4.74 Å². The van der Waals surface area contributed by atoms with Crippen LogP contribution >= 0.6 is 0 Å². The molecule has 0 aliphatic heterocycles. The molecule has 0 bridgehead atoms. The number of benzene rings is 1. The van der Waals surface area contributed by atoms with Crippen LogP contribution in [0, 0.1) is 6.42 Å². The van der Waals surface area contributed by atoms with Gasteiger partial charge in [-0.25, -0.2) is 0 Å². The van der Waals surface area contributed by atoms with Gasteiger partial charge in [-0.3, -0.25) is 4.79 Å². The van der Waals surface area contributed by atoms with E-state index in [0.717, 1.165) is 18.4 Å². The Labute approximate surface area is 91.3 Å². The van der Waals surface area contributed by atoms with Crippen LogP contribution in [0.4, 0.5) is 0 Å². The Morgan fingerprint density at radius 1 is 1.40 bits per heavy atom. The van der Waals surface area contributed by atoms with Crippen molar-refractivity contribution in [2.75, 3.05) is 0 Å². The van der Waals surface area contributed by atoms with E-state index in [9.17, 15) is 4.79 Å². The van der Waals surface area contributed by atoms with Crippen LogP contribution in [0.15, 0.2) is 30.3 Å². The van der Waals surface area contributed by atoms with E-state index in [0.29, 0.717) is 0 Å². The minimum absolute atomic E-state index is 0.111. The lowest BCUT2D eigenvalue weighted by Crippen LogP contribution is -2.10. The topological polar surface area (TPSA) is 26.3 Å². The van der Waals surface area contributed by atoms with Crippen molar-refractivity contribution >= 4 is 5.97 Å². The smallest absolute Gasteiger partial charge is 0.310 e. The third kappa shape index (κ3) is 3.74. The molecule has 0 N–H and O–H groups in total. The lowest BCUT2D eigenvalue weighted by atomic mass is 10.1. The normalized spacial score (nSPS) is 12.1. The van der Waals surface area contributed by atoms with Gasteiger partial charge in [-0.2, -0.15) is 0 Å². The summed E-state index contributed by atoms with van der Waals surface area (Å²) in [6.07, 6.45) is 3.20. The average molecular weight is 205 g/mol. The molecule has 1 rings (SSSR count). The molecule has 0 fully saturated rings. The molecule has 0 aliphatic carbocycles. The zero-order chi connectivity index (χ0) is 11.1. The maximum Gasteiger partial charge on any atom is 0.310 e. The predicted octanol–water partition coefficient (Wildman–Crippen LogP) is 3.30. The summed E-state index contributed by atoms with van der Waals surface area (Å²) in [6.45, 7) is 3.77. The second-order valence-electron chi connectivity index (χ2n) is 3.41. The van der Waals surface area contributed by atoms with Crippen LogP contribution in [0.5, 0.6) is 0 Å². The molecule has 0 heterocycles. The van der Waals surface area contributed by atoms with E-state index < -0.39 is 0 Å². The number of carbonyl (C=O) groups excluding carboxylic acids is 1. The number of hydrogen-bond acceptors (Lipinski definition) is 2. The molecule has 1 unspecified atom stereocenters. The highest BCUT2D eigenvalue weighted by molar-refractivity contribution is 5.78. The summed E-state index contributed by atoms with van der Waals surface area (Å²) in [5.74, 6) is -0.252. The Bertz CT molecular complexity index is 293. The van der Waals surface area contributed by atoms with Gasteiger partial charge in [-0.1, -0.05) is 50.6 Å². The molecule has 1 atom stereocenters. The van der Waals surface area contributed by atoms with Gasteiger partial charge in [-0.15, -0.1) is 0 Å². The number of hydrogen-bond donors (Lipinski definition) is 0. The summed E-state index contributed by atoms with van der Waals surface area (Å²) in [5, 5.41) is 0. The summed E-state index contributed by atoms with van der Waals surface area (Å²) >= 11 is 0. The van der Waals surface area contributed by atoms with Gasteiger partial charge in [0.2, 0.25) is 0 Å². The first-order valence-electron chi connectivity index (χ1n) is 5.32. The third-order valence-electron chi connectivity index (χ3n) is 2.22. The molecule has 2 heteroatoms. The summed E-state index contributed by atoms with van der Waals surface area (Å²) < 4.78 is 5.33. The van der Waals surface area contributed by atoms with Gasteiger partial charge in [0, 0.05) is 0 Å². The Hall–Kier alpha value is -1.31. The van der Waals surface area contributed by atoms with E-state index in [1.807, 2.05) is 30.3 Å². The van der Waals surface area contributed by atoms with Crippen LogP contribution in [-0.2, 0) is 9.53 Å². The number of carbonyl (C=O) groups is 1. The van der Waals surface area contributed by atoms with Crippen molar-refractivity contribution in [1.82, 2.24) is 0 Å². The third-order valence-corrected chi connectivity index (χ3v) is 2.22. The van der Waals surface area contributed by atoms with E-state index in [4.69, 9.17) is 4.74 Å². The molecule has 1 radical (unpaired) electrons. The van der Waals surface area contributed by atoms with Crippen LogP contribution in [0.3, 0.4) is 0 Å². The zero-order valence-electron chi connectivity index (χ0n) is 9.27. The highest BCUT2D eigenvalue weighted by atomic mass is 16.5. The SMILES string of the molecule is C[CH]C(=O)OC(CCC)c1ccccc1. The lowest BCUT2D eigenvalue weighted by Gasteiger charge is -2.17. The van der Waals surface area contributed by atoms with E-state index in [-0.39, 0.29) is 12.1 Å². The number of esters is 1. The van der Waals surface area contributed by atoms with Crippen molar-refractivity contribution in [2.24, 2.45) is 0 Å². The van der Waals surface area contributed by atoms with Crippen molar-refractivity contribution in [2.45, 2.75) is 32.8 Å². The number of rotatable bonds is 5. The van der Waals surface area contributed by atoms with Crippen molar-refractivity contribution in [3.8, 4) is 0 Å². The molecule has 0 amide bonds. The Morgan fingerprint density at radius 2 is 2.07 bits per heavy atom. The summed E-state index contributed by atoms with van der Waals surface area (Å²) in [4.78, 5) is 11.2. The standard InChI is InChI=1S/C13H17O2/c1-3-8-12(15-13(14)4-2)11-9-6-5-7-10-11/h4-7,9-10,12H,3,8H2,1-2H3. The van der Waals surface area contributed by atoms with E-state index >= 15 is 0 Å². The molecule has 2 nitrogen and oxygen atoms in total. The van der Waals surface area contributed by atoms with Gasteiger partial charge >= 0.3 is 5.97 Å². The Morgan fingerprint density at radius 3 is 2.60 bits per heavy atom. The number of ether oxygens (including phenoxy) is 1. The first kappa shape index (κ1) is 11.8. The van der Waals surface area contributed by atoms with Crippen LogP contribution in [0.1, 0.15) is 38.4 Å². The second-order valence-corrected chi connectivity index (χ2v) is 3.41. The van der Waals surface area contributed by atoms with Crippen molar-refractivity contribution in [3.63, 3.8) is 0 Å². The largest absolute Gasteiger partial charge is 0.457 e. The van der Waals surface area contributed by atoms with Crippen molar-refractivity contribution in [1.29, 1.82) is 0 Å². The first-order valence-corrected chi connectivity index (χ1v) is 5.32. The fourth-order valence-electron chi connectivity index (χ4n) is 1.43. The van der Waals surface area contributed by atoms with Gasteiger partial charge in [0.25, 0.3) is 0 Å². The minimum atomic E-state index is -0.252. The highest BCUT2D eigenvalue weighted by Crippen LogP contribution is 2.22. The maximum atomic E-state index is 11.2. The van der Waals surface area contributed by atoms with E-state index in [1.165, 1.54) is 6.42 Å². The first-order chi connectivity index (χ1) is 7.27. The predicted molar refractivity (Wildman–Crippen MR) is 60.2 cm³/mol. The second kappa shape index (κ2) is 6.23. The van der Waals surface area contributed by atoms with E-state index in [2.05, 4.69) is 6.92 Å². The quantitative estimate of drug-likeness (QED) is 0.689. The Balaban J connectivity index is 2.70. The lowest BCUT2D eigenvalue weighted by molar-refractivity contribution is -0.145. The average Bonchev–Trinajstić information content (AvgIpc) is 2.29. The Kier molecular flexibility index (Phi) is 4.88. The fourth-order valence-corrected chi connectivity index (χ4v) is 1.43. The van der Waals surface area contributed by atoms with Crippen LogP contribution in [0.2, 0.25) is 0 Å². The monoisotopic (exact) mass is 205 g/mol. The molecule has 0 aromatic heterocycles. The minimum Gasteiger partial charge on any atom is -0.457 e. The molecule has 81 valence electrons. The molecule has 0 aliphatic rings. The molecule has 15 heavy (non-hydrogen) atoms. The summed E-state index contributed by atoms with van der Waals surface area (Å²) in [7, 11) is 0. The molecule has 1 aromatic carbocycles. The van der Waals surface area contributed by atoms with Crippen molar-refractivity contribution < 1.29 is 9.53 Å². The van der Waals surface area contributed by atoms with Gasteiger partial charge in [0.15, 0.2) is 0 Å². The zero-order valence-corrected chi connectivity index (χ0v) is 9.27. The molecular weight excluding hydrogens is 188 g/mol. The van der Waals surface area contributed by atoms with Crippen LogP contribution < -0.4 is 0 Å². The fraction of sp³-hybridized carbons (Fsp3) is 0.385. The summed E-state index contributed by atoms with van der Waals surface area (Å²) in [5.41, 5.74) is 1.06. The van der Waals surface area contributed by atoms with E-state index in [1.54, 1.807) is 6.92 Å². The van der Waals surface area contributed by atoms with Gasteiger partial charge in [-0.05, 0) is 12.0 Å². The molecule has 0 saturated carbocycles. The van der Waals surface area contributed by atoms with Crippen molar-refractivity contribution in [3.05, 3.63) is 42.3 Å². The molecular formula is C13H17O2. The van der Waals surface area contributed by atoms with Crippen LogP contribution in [-0.4, -0.2) is 5.97 Å². The van der Waals surface area contributed by atoms with Gasteiger partial charge in [0.1, 0.15) is 6.10 Å². The molecule has 0 saturated heterocycles. The summed E-state index contributed by atoms with van der Waals surface area (Å²) in [6, 6.07) is 9.86. The highest BCUT2D eigenvalue weighted by Gasteiger charge is 2.14. The maximum absolute atomic E-state index is 11.2. The van der Waals surface area contributed by atoms with Gasteiger partial charge in [0.05, 0.1) is 6.42 Å².